The van der Waals surface area contributed by atoms with Crippen LogP contribution in [-0.4, -0.2) is 0 Å². The fourth-order valence-corrected chi connectivity index (χ4v) is 3.65. The Bertz CT molecular complexity index is 286. The van der Waals surface area contributed by atoms with E-state index in [-0.39, 0.29) is 0 Å². The summed E-state index contributed by atoms with van der Waals surface area (Å²) in [5, 5.41) is 0. The molecule has 0 N–H and O–H groups in total. The molecule has 124 valence electrons. The van der Waals surface area contributed by atoms with Gasteiger partial charge in [-0.15, -0.1) is 0 Å². The van der Waals surface area contributed by atoms with Crippen LogP contribution in [0.1, 0.15) is 98.8 Å². The van der Waals surface area contributed by atoms with Gasteiger partial charge in [0.1, 0.15) is 0 Å². The first-order valence-electron chi connectivity index (χ1n) is 9.62. The summed E-state index contributed by atoms with van der Waals surface area (Å²) in [6.45, 7) is 12.0. The molecular formula is C21H40. The third-order valence-corrected chi connectivity index (χ3v) is 5.81. The molecule has 0 heteroatoms. The summed E-state index contributed by atoms with van der Waals surface area (Å²) in [7, 11) is 0. The van der Waals surface area contributed by atoms with E-state index in [2.05, 4.69) is 46.8 Å². The maximum atomic E-state index is 2.54. The normalized spacial score (nSPS) is 30.5. The fourth-order valence-electron chi connectivity index (χ4n) is 3.65. The summed E-state index contributed by atoms with van der Waals surface area (Å²) in [6, 6.07) is 0. The Morgan fingerprint density at radius 1 is 0.810 bits per heavy atom. The average Bonchev–Trinajstić information content (AvgIpc) is 2.40. The zero-order valence-corrected chi connectivity index (χ0v) is 15.5. The number of hydrogen-bond acceptors (Lipinski definition) is 0. The molecule has 1 aliphatic carbocycles. The van der Waals surface area contributed by atoms with Gasteiger partial charge in [0, 0.05) is 0 Å². The third-order valence-electron chi connectivity index (χ3n) is 5.81. The predicted molar refractivity (Wildman–Crippen MR) is 96.6 cm³/mol. The van der Waals surface area contributed by atoms with Crippen molar-refractivity contribution < 1.29 is 0 Å². The van der Waals surface area contributed by atoms with Gasteiger partial charge in [-0.2, -0.15) is 0 Å². The van der Waals surface area contributed by atoms with Gasteiger partial charge in [0.15, 0.2) is 0 Å². The highest BCUT2D eigenvalue weighted by Crippen LogP contribution is 2.39. The van der Waals surface area contributed by atoms with E-state index >= 15 is 0 Å². The average molecular weight is 293 g/mol. The lowest BCUT2D eigenvalue weighted by Gasteiger charge is -2.35. The van der Waals surface area contributed by atoms with Crippen LogP contribution < -0.4 is 0 Å². The van der Waals surface area contributed by atoms with Crippen LogP contribution in [0, 0.1) is 23.2 Å². The smallest absolute Gasteiger partial charge is 0.0233 e. The van der Waals surface area contributed by atoms with E-state index in [1.165, 1.54) is 64.2 Å². The first-order valence-corrected chi connectivity index (χ1v) is 9.62. The molecule has 1 fully saturated rings. The van der Waals surface area contributed by atoms with Crippen LogP contribution in [0.15, 0.2) is 12.2 Å². The molecule has 0 heterocycles. The Morgan fingerprint density at radius 3 is 2.05 bits per heavy atom. The van der Waals surface area contributed by atoms with Crippen molar-refractivity contribution in [2.75, 3.05) is 0 Å². The zero-order valence-electron chi connectivity index (χ0n) is 15.5. The second kappa shape index (κ2) is 9.70. The highest BCUT2D eigenvalue weighted by atomic mass is 14.3. The maximum Gasteiger partial charge on any atom is -0.0233 e. The largest absolute Gasteiger partial charge is 0.0857 e. The summed E-state index contributed by atoms with van der Waals surface area (Å²) >= 11 is 0. The van der Waals surface area contributed by atoms with Crippen LogP contribution in [0.2, 0.25) is 0 Å². The van der Waals surface area contributed by atoms with Crippen LogP contribution in [-0.2, 0) is 0 Å². The van der Waals surface area contributed by atoms with E-state index in [0.717, 1.165) is 11.8 Å². The van der Waals surface area contributed by atoms with E-state index in [1.807, 2.05) is 0 Å². The van der Waals surface area contributed by atoms with Crippen LogP contribution in [0.5, 0.6) is 0 Å². The van der Waals surface area contributed by atoms with Gasteiger partial charge >= 0.3 is 0 Å². The SMILES string of the molecule is CC(C)C=CC1CCCCCCCC(C)(C(C)C)CCC1. The van der Waals surface area contributed by atoms with Gasteiger partial charge in [-0.1, -0.05) is 85.3 Å². The molecule has 0 aliphatic heterocycles. The van der Waals surface area contributed by atoms with Crippen molar-refractivity contribution in [3.63, 3.8) is 0 Å². The standard InChI is InChI=1S/C21H40/c1-18(2)14-15-20-12-9-7-6-8-10-16-21(5,19(3)4)17-11-13-20/h14-15,18-20H,6-13,16-17H2,1-5H3. The van der Waals surface area contributed by atoms with Gasteiger partial charge in [0.05, 0.1) is 0 Å². The molecular weight excluding hydrogens is 252 g/mol. The predicted octanol–water partition coefficient (Wildman–Crippen LogP) is 7.39. The fraction of sp³-hybridized carbons (Fsp3) is 0.905. The summed E-state index contributed by atoms with van der Waals surface area (Å²) in [4.78, 5) is 0. The Balaban J connectivity index is 2.60. The molecule has 0 aromatic heterocycles. The van der Waals surface area contributed by atoms with Crippen molar-refractivity contribution in [2.24, 2.45) is 23.2 Å². The Morgan fingerprint density at radius 2 is 1.38 bits per heavy atom. The number of allylic oxidation sites excluding steroid dienone is 2. The molecule has 0 nitrogen and oxygen atoms in total. The van der Waals surface area contributed by atoms with Crippen LogP contribution in [0.4, 0.5) is 0 Å². The number of hydrogen-bond donors (Lipinski definition) is 0. The zero-order chi connectivity index (χ0) is 15.7. The van der Waals surface area contributed by atoms with Crippen LogP contribution in [0.25, 0.3) is 0 Å². The Kier molecular flexibility index (Phi) is 8.67. The molecule has 2 atom stereocenters. The lowest BCUT2D eigenvalue weighted by atomic mass is 9.71. The molecule has 0 radical (unpaired) electrons. The Hall–Kier alpha value is -0.260. The highest BCUT2D eigenvalue weighted by molar-refractivity contribution is 4.91. The van der Waals surface area contributed by atoms with Gasteiger partial charge in [-0.3, -0.25) is 0 Å². The minimum absolute atomic E-state index is 0.575. The van der Waals surface area contributed by atoms with Crippen molar-refractivity contribution in [3.8, 4) is 0 Å². The molecule has 0 spiro atoms. The van der Waals surface area contributed by atoms with Crippen molar-refractivity contribution in [3.05, 3.63) is 12.2 Å². The third kappa shape index (κ3) is 7.52. The van der Waals surface area contributed by atoms with E-state index < -0.39 is 0 Å². The van der Waals surface area contributed by atoms with Gasteiger partial charge in [0.2, 0.25) is 0 Å². The second-order valence-electron chi connectivity index (χ2n) is 8.40. The maximum absolute atomic E-state index is 2.54. The van der Waals surface area contributed by atoms with E-state index in [0.29, 0.717) is 11.3 Å². The van der Waals surface area contributed by atoms with Gasteiger partial charge < -0.3 is 0 Å². The molecule has 21 heavy (non-hydrogen) atoms. The first kappa shape index (κ1) is 18.8. The lowest BCUT2D eigenvalue weighted by Crippen LogP contribution is -2.24. The molecule has 0 aromatic rings. The van der Waals surface area contributed by atoms with E-state index in [9.17, 15) is 0 Å². The molecule has 1 rings (SSSR count). The van der Waals surface area contributed by atoms with E-state index in [1.54, 1.807) is 0 Å². The summed E-state index contributed by atoms with van der Waals surface area (Å²) in [5.41, 5.74) is 0.575. The molecule has 0 saturated heterocycles. The topological polar surface area (TPSA) is 0 Å². The van der Waals surface area contributed by atoms with Gasteiger partial charge in [0.25, 0.3) is 0 Å². The molecule has 2 unspecified atom stereocenters. The minimum atomic E-state index is 0.575. The molecule has 0 aromatic carbocycles. The van der Waals surface area contributed by atoms with E-state index in [4.69, 9.17) is 0 Å². The van der Waals surface area contributed by atoms with Crippen molar-refractivity contribution in [1.82, 2.24) is 0 Å². The van der Waals surface area contributed by atoms with Gasteiger partial charge in [-0.05, 0) is 48.9 Å². The van der Waals surface area contributed by atoms with Crippen LogP contribution in [0.3, 0.4) is 0 Å². The molecule has 0 amide bonds. The Labute approximate surface area is 134 Å². The molecule has 1 saturated carbocycles. The van der Waals surface area contributed by atoms with Crippen molar-refractivity contribution >= 4 is 0 Å². The van der Waals surface area contributed by atoms with Crippen LogP contribution >= 0.6 is 0 Å². The summed E-state index contributed by atoms with van der Waals surface area (Å²) in [6.07, 6.45) is 19.3. The second-order valence-corrected chi connectivity index (χ2v) is 8.40. The van der Waals surface area contributed by atoms with Crippen molar-refractivity contribution in [1.29, 1.82) is 0 Å². The lowest BCUT2D eigenvalue weighted by molar-refractivity contribution is 0.165. The van der Waals surface area contributed by atoms with Gasteiger partial charge in [-0.25, -0.2) is 0 Å². The first-order chi connectivity index (χ1) is 9.94. The minimum Gasteiger partial charge on any atom is -0.0857 e. The summed E-state index contributed by atoms with van der Waals surface area (Å²) in [5.74, 6) is 2.36. The quantitative estimate of drug-likeness (QED) is 0.476. The highest BCUT2D eigenvalue weighted by Gasteiger charge is 2.27. The molecule has 0 bridgehead atoms. The van der Waals surface area contributed by atoms with Crippen molar-refractivity contribution in [2.45, 2.75) is 98.8 Å². The summed E-state index contributed by atoms with van der Waals surface area (Å²) < 4.78 is 0. The number of rotatable bonds is 3. The molecule has 1 aliphatic rings. The monoisotopic (exact) mass is 292 g/mol.